The normalized spacial score (nSPS) is 25.7. The second-order valence-corrected chi connectivity index (χ2v) is 6.97. The van der Waals surface area contributed by atoms with Gasteiger partial charge in [0.25, 0.3) is 0 Å². The fourth-order valence-corrected chi connectivity index (χ4v) is 4.01. The molecule has 0 radical (unpaired) electrons. The lowest BCUT2D eigenvalue weighted by molar-refractivity contribution is 0.732. The van der Waals surface area contributed by atoms with Crippen LogP contribution in [0.4, 0.5) is 0 Å². The van der Waals surface area contributed by atoms with Crippen molar-refractivity contribution in [1.82, 2.24) is 0 Å². The summed E-state index contributed by atoms with van der Waals surface area (Å²) in [4.78, 5) is 5.40. The Morgan fingerprint density at radius 3 is 2.39 bits per heavy atom. The molecule has 0 amide bonds. The lowest BCUT2D eigenvalue weighted by Crippen LogP contribution is -2.41. The number of rotatable bonds is 2. The summed E-state index contributed by atoms with van der Waals surface area (Å²) in [7, 11) is 0. The minimum absolute atomic E-state index is 0.0514. The van der Waals surface area contributed by atoms with Gasteiger partial charge in [-0.15, -0.1) is 11.8 Å². The highest BCUT2D eigenvalue weighted by molar-refractivity contribution is 8.04. The minimum Gasteiger partial charge on any atom is -0.316 e. The number of aliphatic imine (C=N–C) groups is 1. The molecule has 4 N–H and O–H groups in total. The summed E-state index contributed by atoms with van der Waals surface area (Å²) in [6.07, 6.45) is 5.68. The molecule has 0 saturated carbocycles. The van der Waals surface area contributed by atoms with E-state index in [9.17, 15) is 0 Å². The zero-order valence-corrected chi connectivity index (χ0v) is 13.3. The second kappa shape index (κ2) is 5.49. The van der Waals surface area contributed by atoms with Gasteiger partial charge in [0.2, 0.25) is 0 Å². The third-order valence-corrected chi connectivity index (χ3v) is 5.23. The first-order valence-corrected chi connectivity index (χ1v) is 8.39. The third kappa shape index (κ3) is 2.45. The Morgan fingerprint density at radius 2 is 1.65 bits per heavy atom. The van der Waals surface area contributed by atoms with E-state index in [4.69, 9.17) is 11.5 Å². The summed E-state index contributed by atoms with van der Waals surface area (Å²) in [6, 6.07) is 18.7. The molecule has 23 heavy (non-hydrogen) atoms. The van der Waals surface area contributed by atoms with Gasteiger partial charge in [-0.3, -0.25) is 4.99 Å². The van der Waals surface area contributed by atoms with Crippen LogP contribution in [0.15, 0.2) is 82.3 Å². The van der Waals surface area contributed by atoms with Gasteiger partial charge >= 0.3 is 0 Å². The molecule has 0 aliphatic carbocycles. The van der Waals surface area contributed by atoms with Gasteiger partial charge in [-0.25, -0.2) is 0 Å². The van der Waals surface area contributed by atoms with Gasteiger partial charge in [0.15, 0.2) is 0 Å². The SMILES string of the molecule is NC1C=C2C(=CN=CC2(N)c2ccc(-c3ccccc3)cc2)S1. The summed E-state index contributed by atoms with van der Waals surface area (Å²) in [5.74, 6) is 0. The van der Waals surface area contributed by atoms with Crippen LogP contribution in [0, 0.1) is 0 Å². The third-order valence-electron chi connectivity index (χ3n) is 4.24. The van der Waals surface area contributed by atoms with Gasteiger partial charge in [0.05, 0.1) is 5.37 Å². The van der Waals surface area contributed by atoms with Crippen molar-refractivity contribution >= 4 is 18.0 Å². The Kier molecular flexibility index (Phi) is 3.45. The lowest BCUT2D eigenvalue weighted by Gasteiger charge is -2.30. The van der Waals surface area contributed by atoms with Gasteiger partial charge in [0.1, 0.15) is 5.54 Å². The number of nitrogens with zero attached hydrogens (tertiary/aromatic N) is 1. The summed E-state index contributed by atoms with van der Waals surface area (Å²) in [5.41, 5.74) is 16.5. The van der Waals surface area contributed by atoms with Gasteiger partial charge in [0, 0.05) is 17.3 Å². The maximum Gasteiger partial charge on any atom is 0.103 e. The van der Waals surface area contributed by atoms with E-state index in [-0.39, 0.29) is 5.37 Å². The van der Waals surface area contributed by atoms with E-state index in [0.29, 0.717) is 0 Å². The average Bonchev–Trinajstić information content (AvgIpc) is 2.98. The van der Waals surface area contributed by atoms with Crippen LogP contribution in [0.1, 0.15) is 5.56 Å². The summed E-state index contributed by atoms with van der Waals surface area (Å²) >= 11 is 1.60. The van der Waals surface area contributed by atoms with Crippen LogP contribution >= 0.6 is 11.8 Å². The molecule has 0 fully saturated rings. The summed E-state index contributed by atoms with van der Waals surface area (Å²) < 4.78 is 0. The number of hydrogen-bond acceptors (Lipinski definition) is 4. The van der Waals surface area contributed by atoms with Crippen LogP contribution in [-0.2, 0) is 5.54 Å². The van der Waals surface area contributed by atoms with Gasteiger partial charge < -0.3 is 11.5 Å². The number of fused-ring (bicyclic) bond motifs is 1. The highest BCUT2D eigenvalue weighted by Gasteiger charge is 2.38. The molecule has 0 aromatic heterocycles. The smallest absolute Gasteiger partial charge is 0.103 e. The molecular formula is C19H17N3S. The van der Waals surface area contributed by atoms with E-state index in [0.717, 1.165) is 16.0 Å². The van der Waals surface area contributed by atoms with E-state index in [2.05, 4.69) is 41.4 Å². The molecule has 2 heterocycles. The Balaban J connectivity index is 1.72. The highest BCUT2D eigenvalue weighted by atomic mass is 32.2. The Hall–Kier alpha value is -2.14. The first-order valence-electron chi connectivity index (χ1n) is 7.51. The van der Waals surface area contributed by atoms with Crippen LogP contribution in [0.3, 0.4) is 0 Å². The van der Waals surface area contributed by atoms with Crippen molar-refractivity contribution < 1.29 is 0 Å². The number of benzene rings is 2. The molecule has 2 aromatic carbocycles. The quantitative estimate of drug-likeness (QED) is 0.892. The minimum atomic E-state index is -0.708. The fraction of sp³-hybridized carbons (Fsp3) is 0.105. The molecule has 114 valence electrons. The number of thioether (sulfide) groups is 1. The Bertz CT molecular complexity index is 821. The molecule has 0 saturated heterocycles. The molecule has 2 aromatic rings. The van der Waals surface area contributed by atoms with Gasteiger partial charge in [-0.05, 0) is 22.3 Å². The van der Waals surface area contributed by atoms with E-state index in [1.165, 1.54) is 11.1 Å². The Labute approximate surface area is 139 Å². The number of hydrogen-bond donors (Lipinski definition) is 2. The van der Waals surface area contributed by atoms with E-state index in [1.807, 2.05) is 30.5 Å². The highest BCUT2D eigenvalue weighted by Crippen LogP contribution is 2.44. The van der Waals surface area contributed by atoms with Crippen molar-refractivity contribution in [2.45, 2.75) is 10.9 Å². The Morgan fingerprint density at radius 1 is 0.957 bits per heavy atom. The van der Waals surface area contributed by atoms with Crippen molar-refractivity contribution in [3.63, 3.8) is 0 Å². The van der Waals surface area contributed by atoms with E-state index < -0.39 is 5.54 Å². The number of nitrogens with two attached hydrogens (primary N) is 2. The molecule has 4 heteroatoms. The molecule has 2 unspecified atom stereocenters. The first-order chi connectivity index (χ1) is 11.2. The van der Waals surface area contributed by atoms with E-state index >= 15 is 0 Å². The van der Waals surface area contributed by atoms with Crippen LogP contribution in [-0.4, -0.2) is 11.6 Å². The predicted molar refractivity (Wildman–Crippen MR) is 98.0 cm³/mol. The maximum absolute atomic E-state index is 6.69. The second-order valence-electron chi connectivity index (χ2n) is 5.75. The van der Waals surface area contributed by atoms with Crippen molar-refractivity contribution in [2.24, 2.45) is 16.5 Å². The van der Waals surface area contributed by atoms with Crippen molar-refractivity contribution in [1.29, 1.82) is 0 Å². The molecule has 0 spiro atoms. The topological polar surface area (TPSA) is 64.4 Å². The zero-order chi connectivity index (χ0) is 15.9. The van der Waals surface area contributed by atoms with Crippen LogP contribution in [0.5, 0.6) is 0 Å². The lowest BCUT2D eigenvalue weighted by atomic mass is 9.82. The van der Waals surface area contributed by atoms with Gasteiger partial charge in [-0.2, -0.15) is 0 Å². The summed E-state index contributed by atoms with van der Waals surface area (Å²) in [6.45, 7) is 0. The molecule has 4 rings (SSSR count). The van der Waals surface area contributed by atoms with Crippen molar-refractivity contribution in [3.8, 4) is 11.1 Å². The molecule has 2 atom stereocenters. The maximum atomic E-state index is 6.69. The van der Waals surface area contributed by atoms with Crippen LogP contribution in [0.2, 0.25) is 0 Å². The fourth-order valence-electron chi connectivity index (χ4n) is 3.02. The zero-order valence-electron chi connectivity index (χ0n) is 12.5. The van der Waals surface area contributed by atoms with Crippen LogP contribution < -0.4 is 11.5 Å². The molecule has 2 aliphatic rings. The monoisotopic (exact) mass is 319 g/mol. The van der Waals surface area contributed by atoms with Crippen molar-refractivity contribution in [3.05, 3.63) is 82.9 Å². The average molecular weight is 319 g/mol. The van der Waals surface area contributed by atoms with E-state index in [1.54, 1.807) is 18.0 Å². The molecular weight excluding hydrogens is 302 g/mol. The summed E-state index contributed by atoms with van der Waals surface area (Å²) in [5, 5.41) is -0.0514. The first kappa shape index (κ1) is 14.5. The molecule has 0 bridgehead atoms. The standard InChI is InChI=1S/C19H17N3S/c20-18-10-16-17(23-18)11-22-12-19(16,21)15-8-6-14(7-9-15)13-4-2-1-3-5-13/h1-12,18H,20-21H2. The van der Waals surface area contributed by atoms with Crippen molar-refractivity contribution in [2.75, 3.05) is 0 Å². The largest absolute Gasteiger partial charge is 0.316 e. The molecule has 2 aliphatic heterocycles. The molecule has 3 nitrogen and oxygen atoms in total. The van der Waals surface area contributed by atoms with Gasteiger partial charge in [-0.1, -0.05) is 60.7 Å². The predicted octanol–water partition coefficient (Wildman–Crippen LogP) is 3.39. The van der Waals surface area contributed by atoms with Crippen LogP contribution in [0.25, 0.3) is 11.1 Å².